The van der Waals surface area contributed by atoms with Gasteiger partial charge < -0.3 is 5.11 Å². The minimum Gasteiger partial charge on any atom is -0.481 e. The number of hydrogen-bond acceptors (Lipinski definition) is 2. The van der Waals surface area contributed by atoms with Crippen molar-refractivity contribution in [2.45, 2.75) is 91.4 Å². The second kappa shape index (κ2) is 17.5. The average molecular weight is 319 g/mol. The molecule has 0 radical (unpaired) electrons. The van der Waals surface area contributed by atoms with Crippen molar-refractivity contribution in [2.75, 3.05) is 0 Å². The molecule has 0 amide bonds. The molecule has 1 N–H and O–H groups in total. The van der Waals surface area contributed by atoms with E-state index in [1.54, 1.807) is 0 Å². The first-order valence-electron chi connectivity index (χ1n) is 8.40. The van der Waals surface area contributed by atoms with E-state index in [-0.39, 0.29) is 11.0 Å². The largest absolute Gasteiger partial charge is 0.481 e. The molecule has 4 heteroatoms. The van der Waals surface area contributed by atoms with Crippen molar-refractivity contribution >= 4 is 23.7 Å². The Morgan fingerprint density at radius 2 is 1.38 bits per heavy atom. The predicted octanol–water partition coefficient (Wildman–Crippen LogP) is 5.48. The van der Waals surface area contributed by atoms with Crippen LogP contribution in [0.5, 0.6) is 0 Å². The van der Waals surface area contributed by atoms with Crippen LogP contribution in [0.1, 0.15) is 91.4 Å². The lowest BCUT2D eigenvalue weighted by Crippen LogP contribution is -2.02. The van der Waals surface area contributed by atoms with Crippen LogP contribution in [0, 0.1) is 5.92 Å². The summed E-state index contributed by atoms with van der Waals surface area (Å²) in [6, 6.07) is 0. The Balaban J connectivity index is 0. The fraction of sp³-hybridized carbons (Fsp3) is 0.882. The van der Waals surface area contributed by atoms with Crippen LogP contribution in [-0.2, 0) is 9.59 Å². The number of aliphatic carboxylic acids is 1. The molecule has 0 aliphatic rings. The first kappa shape index (κ1) is 22.8. The predicted molar refractivity (Wildman–Crippen MR) is 92.9 cm³/mol. The Bertz CT molecular complexity index is 254. The smallest absolute Gasteiger partial charge is 0.303 e. The van der Waals surface area contributed by atoms with Crippen molar-refractivity contribution in [3.63, 3.8) is 0 Å². The number of rotatable bonds is 12. The molecule has 0 aromatic carbocycles. The van der Waals surface area contributed by atoms with E-state index in [2.05, 4.69) is 26.5 Å². The van der Waals surface area contributed by atoms with Gasteiger partial charge in [0.1, 0.15) is 0 Å². The van der Waals surface area contributed by atoms with Crippen molar-refractivity contribution in [3.05, 3.63) is 0 Å². The summed E-state index contributed by atoms with van der Waals surface area (Å²) in [6.45, 7) is 6.28. The third-order valence-electron chi connectivity index (χ3n) is 3.41. The molecule has 0 bridgehead atoms. The molecule has 0 aromatic rings. The van der Waals surface area contributed by atoms with Crippen LogP contribution in [0.3, 0.4) is 0 Å². The van der Waals surface area contributed by atoms with Crippen molar-refractivity contribution in [1.82, 2.24) is 0 Å². The highest BCUT2D eigenvalue weighted by atomic mass is 32.1. The van der Waals surface area contributed by atoms with Gasteiger partial charge in [-0.3, -0.25) is 9.59 Å². The summed E-state index contributed by atoms with van der Waals surface area (Å²) in [5.41, 5.74) is 0. The van der Waals surface area contributed by atoms with Gasteiger partial charge in [-0.1, -0.05) is 72.1 Å². The highest BCUT2D eigenvalue weighted by Gasteiger charge is 2.06. The summed E-state index contributed by atoms with van der Waals surface area (Å²) in [5.74, 6) is -0.522. The summed E-state index contributed by atoms with van der Waals surface area (Å²) in [6.07, 6.45) is 11.8. The van der Waals surface area contributed by atoms with E-state index in [0.717, 1.165) is 19.3 Å². The van der Waals surface area contributed by atoms with Gasteiger partial charge in [0.15, 0.2) is 5.12 Å². The first-order chi connectivity index (χ1) is 9.95. The standard InChI is InChI=1S/C9H18OS.C8H16O2/c1-3-4-5-6-7-8(2)9(10)11;1-2-3-4-5-6-7-8(9)10/h8H,3-7H2,1-2H3,(H,10,11);2-7H2,1H3,(H,9,10). The molecule has 0 aliphatic carbocycles. The average Bonchev–Trinajstić information content (AvgIpc) is 2.43. The van der Waals surface area contributed by atoms with E-state index < -0.39 is 5.97 Å². The van der Waals surface area contributed by atoms with Gasteiger partial charge in [-0.25, -0.2) is 0 Å². The topological polar surface area (TPSA) is 54.4 Å². The molecule has 126 valence electrons. The number of carboxylic acids is 1. The van der Waals surface area contributed by atoms with Crippen molar-refractivity contribution in [1.29, 1.82) is 0 Å². The van der Waals surface area contributed by atoms with Crippen LogP contribution < -0.4 is 0 Å². The number of unbranched alkanes of at least 4 members (excludes halogenated alkanes) is 7. The summed E-state index contributed by atoms with van der Waals surface area (Å²) in [4.78, 5) is 20.7. The minimum atomic E-state index is -0.670. The molecular weight excluding hydrogens is 284 g/mol. The maximum Gasteiger partial charge on any atom is 0.303 e. The van der Waals surface area contributed by atoms with E-state index in [0.29, 0.717) is 6.42 Å². The second-order valence-electron chi connectivity index (χ2n) is 5.65. The van der Waals surface area contributed by atoms with Gasteiger partial charge in [0.25, 0.3) is 0 Å². The Kier molecular flexibility index (Phi) is 19.0. The Hall–Kier alpha value is -0.510. The van der Waals surface area contributed by atoms with E-state index in [1.807, 2.05) is 6.92 Å². The molecule has 1 atom stereocenters. The van der Waals surface area contributed by atoms with Crippen LogP contribution in [0.15, 0.2) is 0 Å². The third-order valence-corrected chi connectivity index (χ3v) is 3.85. The number of carboxylic acid groups (broad SMARTS) is 1. The number of carbonyl (C=O) groups is 2. The maximum atomic E-state index is 10.7. The van der Waals surface area contributed by atoms with E-state index in [4.69, 9.17) is 5.11 Å². The normalized spacial score (nSPS) is 11.4. The van der Waals surface area contributed by atoms with Crippen LogP contribution >= 0.6 is 12.6 Å². The molecule has 0 aliphatic heterocycles. The van der Waals surface area contributed by atoms with Crippen LogP contribution in [0.4, 0.5) is 0 Å². The highest BCUT2D eigenvalue weighted by molar-refractivity contribution is 7.96. The molecule has 21 heavy (non-hydrogen) atoms. The fourth-order valence-electron chi connectivity index (χ4n) is 1.88. The number of carbonyl (C=O) groups excluding carboxylic acids is 1. The van der Waals surface area contributed by atoms with Gasteiger partial charge in [-0.2, -0.15) is 0 Å². The van der Waals surface area contributed by atoms with Crippen molar-refractivity contribution < 1.29 is 14.7 Å². The summed E-state index contributed by atoms with van der Waals surface area (Å²) in [5, 5.41) is 8.30. The van der Waals surface area contributed by atoms with Crippen molar-refractivity contribution in [2.24, 2.45) is 5.92 Å². The van der Waals surface area contributed by atoms with Crippen LogP contribution in [0.2, 0.25) is 0 Å². The van der Waals surface area contributed by atoms with Crippen molar-refractivity contribution in [3.8, 4) is 0 Å². The summed E-state index contributed by atoms with van der Waals surface area (Å²) in [7, 11) is 0. The molecular formula is C17H34O3S. The minimum absolute atomic E-state index is 0.0292. The Labute approximate surface area is 136 Å². The highest BCUT2D eigenvalue weighted by Crippen LogP contribution is 2.12. The molecule has 0 aromatic heterocycles. The molecule has 1 unspecified atom stereocenters. The van der Waals surface area contributed by atoms with Gasteiger partial charge in [0, 0.05) is 12.3 Å². The molecule has 0 heterocycles. The third kappa shape index (κ3) is 21.9. The monoisotopic (exact) mass is 318 g/mol. The summed E-state index contributed by atoms with van der Waals surface area (Å²) < 4.78 is 0. The zero-order chi connectivity index (χ0) is 16.5. The lowest BCUT2D eigenvalue weighted by Gasteiger charge is -2.04. The number of hydrogen-bond donors (Lipinski definition) is 2. The Morgan fingerprint density at radius 1 is 0.905 bits per heavy atom. The van der Waals surface area contributed by atoms with Crippen LogP contribution in [-0.4, -0.2) is 16.2 Å². The van der Waals surface area contributed by atoms with Crippen LogP contribution in [0.25, 0.3) is 0 Å². The SMILES string of the molecule is CCCCCCC(C)C(=O)S.CCCCCCCC(=O)O. The quantitative estimate of drug-likeness (QED) is 0.370. The Morgan fingerprint density at radius 3 is 1.81 bits per heavy atom. The van der Waals surface area contributed by atoms with E-state index in [1.165, 1.54) is 44.9 Å². The molecule has 0 spiro atoms. The fourth-order valence-corrected chi connectivity index (χ4v) is 2.01. The summed E-state index contributed by atoms with van der Waals surface area (Å²) >= 11 is 3.78. The molecule has 0 rings (SSSR count). The molecule has 0 fully saturated rings. The van der Waals surface area contributed by atoms with Gasteiger partial charge in [0.05, 0.1) is 0 Å². The zero-order valence-corrected chi connectivity index (χ0v) is 15.0. The molecule has 3 nitrogen and oxygen atoms in total. The molecule has 0 saturated carbocycles. The van der Waals surface area contributed by atoms with Gasteiger partial charge >= 0.3 is 5.97 Å². The van der Waals surface area contributed by atoms with E-state index >= 15 is 0 Å². The molecule has 0 saturated heterocycles. The lowest BCUT2D eigenvalue weighted by molar-refractivity contribution is -0.137. The van der Waals surface area contributed by atoms with Gasteiger partial charge in [0.2, 0.25) is 0 Å². The number of thiol groups is 1. The van der Waals surface area contributed by atoms with Gasteiger partial charge in [-0.05, 0) is 12.8 Å². The van der Waals surface area contributed by atoms with E-state index in [9.17, 15) is 9.59 Å². The zero-order valence-electron chi connectivity index (χ0n) is 14.1. The lowest BCUT2D eigenvalue weighted by atomic mass is 10.0. The van der Waals surface area contributed by atoms with Gasteiger partial charge in [-0.15, -0.1) is 12.6 Å². The first-order valence-corrected chi connectivity index (χ1v) is 8.84. The maximum absolute atomic E-state index is 10.7. The second-order valence-corrected chi connectivity index (χ2v) is 6.09.